The first kappa shape index (κ1) is 15.9. The lowest BCUT2D eigenvalue weighted by atomic mass is 9.99. The summed E-state index contributed by atoms with van der Waals surface area (Å²) in [4.78, 5) is 33.2. The minimum absolute atomic E-state index is 0.0902. The molecule has 0 bridgehead atoms. The Labute approximate surface area is 120 Å². The zero-order valence-electron chi connectivity index (χ0n) is 11.0. The highest BCUT2D eigenvalue weighted by Gasteiger charge is 2.28. The van der Waals surface area contributed by atoms with Crippen molar-refractivity contribution in [3.8, 4) is 0 Å². The molecular weight excluding hydrogens is 286 g/mol. The lowest BCUT2D eigenvalue weighted by Crippen LogP contribution is -2.46. The molecule has 8 heteroatoms. The van der Waals surface area contributed by atoms with Crippen LogP contribution in [0.5, 0.6) is 0 Å². The number of halogens is 1. The summed E-state index contributed by atoms with van der Waals surface area (Å²) in [5, 5.41) is 13.4. The third kappa shape index (κ3) is 3.92. The molecule has 0 aliphatic rings. The fourth-order valence-corrected chi connectivity index (χ4v) is 1.98. The molecule has 108 valence electrons. The number of carbonyl (C=O) groups is 2. The highest BCUT2D eigenvalue weighted by Crippen LogP contribution is 2.28. The molecule has 0 aliphatic heterocycles. The number of nitrogens with one attached hydrogen (secondary N) is 1. The fourth-order valence-electron chi connectivity index (χ4n) is 1.74. The van der Waals surface area contributed by atoms with E-state index in [0.717, 1.165) is 0 Å². The van der Waals surface area contributed by atoms with Crippen LogP contribution in [0.3, 0.4) is 0 Å². The lowest BCUT2D eigenvalue weighted by molar-refractivity contribution is -0.385. The van der Waals surface area contributed by atoms with Crippen LogP contribution in [-0.2, 0) is 4.79 Å². The Balaban J connectivity index is 3.08. The molecule has 0 atom stereocenters. The number of primary amides is 1. The smallest absolute Gasteiger partial charge is 0.300 e. The molecule has 0 aliphatic carbocycles. The Kier molecular flexibility index (Phi) is 4.67. The van der Waals surface area contributed by atoms with Crippen LogP contribution in [-0.4, -0.2) is 22.3 Å². The summed E-state index contributed by atoms with van der Waals surface area (Å²) in [5.41, 5.74) is 3.52. The van der Waals surface area contributed by atoms with Crippen molar-refractivity contribution in [2.24, 2.45) is 5.73 Å². The van der Waals surface area contributed by atoms with Crippen LogP contribution in [0.1, 0.15) is 30.6 Å². The second kappa shape index (κ2) is 5.87. The minimum Gasteiger partial charge on any atom is -0.370 e. The molecule has 1 aromatic rings. The number of nitro groups is 1. The van der Waals surface area contributed by atoms with Gasteiger partial charge in [-0.2, -0.15) is 0 Å². The van der Waals surface area contributed by atoms with E-state index in [1.807, 2.05) is 0 Å². The van der Waals surface area contributed by atoms with Gasteiger partial charge in [0.05, 0.1) is 4.92 Å². The number of nitrogens with two attached hydrogens (primary N) is 1. The summed E-state index contributed by atoms with van der Waals surface area (Å²) in [6.45, 7) is 3.18. The van der Waals surface area contributed by atoms with E-state index in [1.165, 1.54) is 18.2 Å². The molecule has 0 unspecified atom stereocenters. The molecule has 0 fully saturated rings. The summed E-state index contributed by atoms with van der Waals surface area (Å²) in [6.07, 6.45) is -0.0902. The molecule has 0 radical (unpaired) electrons. The van der Waals surface area contributed by atoms with Crippen molar-refractivity contribution in [3.63, 3.8) is 0 Å². The number of amides is 2. The van der Waals surface area contributed by atoms with Gasteiger partial charge in [0.15, 0.2) is 0 Å². The van der Waals surface area contributed by atoms with E-state index in [9.17, 15) is 19.7 Å². The zero-order valence-corrected chi connectivity index (χ0v) is 11.7. The first-order chi connectivity index (χ1) is 9.14. The predicted octanol–water partition coefficient (Wildman–Crippen LogP) is 1.63. The SMILES string of the molecule is CC(C)(CC(N)=O)NC(=O)c1cccc(Cl)c1[N+](=O)[O-]. The number of para-hydroxylation sites is 1. The van der Waals surface area contributed by atoms with Crippen molar-refractivity contribution in [1.82, 2.24) is 5.32 Å². The Morgan fingerprint density at radius 3 is 2.55 bits per heavy atom. The van der Waals surface area contributed by atoms with Crippen molar-refractivity contribution in [2.45, 2.75) is 25.8 Å². The number of carbonyl (C=O) groups excluding carboxylic acids is 2. The van der Waals surface area contributed by atoms with Gasteiger partial charge < -0.3 is 11.1 Å². The maximum atomic E-state index is 12.1. The third-order valence-corrected chi connectivity index (χ3v) is 2.79. The normalized spacial score (nSPS) is 10.9. The quantitative estimate of drug-likeness (QED) is 0.635. The van der Waals surface area contributed by atoms with Gasteiger partial charge in [-0.15, -0.1) is 0 Å². The standard InChI is InChI=1S/C12H14ClN3O4/c1-12(2,6-9(14)17)15-11(18)7-4-3-5-8(13)10(7)16(19)20/h3-5H,6H2,1-2H3,(H2,14,17)(H,15,18). The van der Waals surface area contributed by atoms with Crippen molar-refractivity contribution in [1.29, 1.82) is 0 Å². The van der Waals surface area contributed by atoms with E-state index in [2.05, 4.69) is 5.32 Å². The highest BCUT2D eigenvalue weighted by molar-refractivity contribution is 6.33. The number of benzene rings is 1. The predicted molar refractivity (Wildman–Crippen MR) is 73.5 cm³/mol. The summed E-state index contributed by atoms with van der Waals surface area (Å²) in [6, 6.07) is 4.05. The number of rotatable bonds is 5. The third-order valence-electron chi connectivity index (χ3n) is 2.48. The first-order valence-electron chi connectivity index (χ1n) is 5.68. The van der Waals surface area contributed by atoms with Gasteiger partial charge in [0.2, 0.25) is 5.91 Å². The second-order valence-corrected chi connectivity index (χ2v) is 5.28. The van der Waals surface area contributed by atoms with E-state index in [4.69, 9.17) is 17.3 Å². The Morgan fingerprint density at radius 2 is 2.05 bits per heavy atom. The Bertz CT molecular complexity index is 572. The van der Waals surface area contributed by atoms with Crippen LogP contribution in [0.25, 0.3) is 0 Å². The van der Waals surface area contributed by atoms with Gasteiger partial charge in [0.1, 0.15) is 10.6 Å². The molecule has 2 amide bonds. The van der Waals surface area contributed by atoms with Crippen LogP contribution in [0.2, 0.25) is 5.02 Å². The molecule has 3 N–H and O–H groups in total. The largest absolute Gasteiger partial charge is 0.370 e. The number of hydrogen-bond acceptors (Lipinski definition) is 4. The van der Waals surface area contributed by atoms with Crippen molar-refractivity contribution >= 4 is 29.1 Å². The van der Waals surface area contributed by atoms with Gasteiger partial charge in [-0.3, -0.25) is 19.7 Å². The van der Waals surface area contributed by atoms with E-state index in [-0.39, 0.29) is 17.0 Å². The average Bonchev–Trinajstić information content (AvgIpc) is 2.25. The topological polar surface area (TPSA) is 115 Å². The molecule has 0 aromatic heterocycles. The zero-order chi connectivity index (χ0) is 15.5. The maximum absolute atomic E-state index is 12.1. The molecule has 1 aromatic carbocycles. The molecule has 0 saturated heterocycles. The van der Waals surface area contributed by atoms with Crippen LogP contribution in [0, 0.1) is 10.1 Å². The molecule has 0 saturated carbocycles. The van der Waals surface area contributed by atoms with Crippen molar-refractivity contribution in [2.75, 3.05) is 0 Å². The van der Waals surface area contributed by atoms with Gasteiger partial charge in [-0.1, -0.05) is 17.7 Å². The van der Waals surface area contributed by atoms with Crippen LogP contribution < -0.4 is 11.1 Å². The summed E-state index contributed by atoms with van der Waals surface area (Å²) in [5.74, 6) is -1.28. The first-order valence-corrected chi connectivity index (χ1v) is 6.05. The van der Waals surface area contributed by atoms with Gasteiger partial charge in [-0.25, -0.2) is 0 Å². The Morgan fingerprint density at radius 1 is 1.45 bits per heavy atom. The van der Waals surface area contributed by atoms with Crippen molar-refractivity contribution in [3.05, 3.63) is 38.9 Å². The lowest BCUT2D eigenvalue weighted by Gasteiger charge is -2.24. The van der Waals surface area contributed by atoms with E-state index >= 15 is 0 Å². The summed E-state index contributed by atoms with van der Waals surface area (Å²) in [7, 11) is 0. The minimum atomic E-state index is -0.918. The Hall–Kier alpha value is -2.15. The van der Waals surface area contributed by atoms with Gasteiger partial charge in [0.25, 0.3) is 5.91 Å². The summed E-state index contributed by atoms with van der Waals surface area (Å²) < 4.78 is 0. The number of nitrogens with zero attached hydrogens (tertiary/aromatic N) is 1. The molecule has 0 spiro atoms. The highest BCUT2D eigenvalue weighted by atomic mass is 35.5. The van der Waals surface area contributed by atoms with Crippen LogP contribution >= 0.6 is 11.6 Å². The molecule has 1 rings (SSSR count). The van der Waals surface area contributed by atoms with E-state index in [0.29, 0.717) is 0 Å². The number of hydrogen-bond donors (Lipinski definition) is 2. The monoisotopic (exact) mass is 299 g/mol. The fraction of sp³-hybridized carbons (Fsp3) is 0.333. The molecule has 0 heterocycles. The molecular formula is C12H14ClN3O4. The van der Waals surface area contributed by atoms with E-state index < -0.39 is 28.0 Å². The summed E-state index contributed by atoms with van der Waals surface area (Å²) >= 11 is 5.73. The van der Waals surface area contributed by atoms with E-state index in [1.54, 1.807) is 13.8 Å². The van der Waals surface area contributed by atoms with Crippen LogP contribution in [0.4, 0.5) is 5.69 Å². The second-order valence-electron chi connectivity index (χ2n) is 4.87. The van der Waals surface area contributed by atoms with Gasteiger partial charge >= 0.3 is 5.69 Å². The van der Waals surface area contributed by atoms with Crippen LogP contribution in [0.15, 0.2) is 18.2 Å². The number of nitro benzene ring substituents is 1. The maximum Gasteiger partial charge on any atom is 0.300 e. The van der Waals surface area contributed by atoms with Gasteiger partial charge in [0, 0.05) is 12.0 Å². The molecule has 20 heavy (non-hydrogen) atoms. The average molecular weight is 300 g/mol. The molecule has 7 nitrogen and oxygen atoms in total. The van der Waals surface area contributed by atoms with Gasteiger partial charge in [-0.05, 0) is 26.0 Å². The van der Waals surface area contributed by atoms with Crippen molar-refractivity contribution < 1.29 is 14.5 Å².